The molecule has 2 saturated carbocycles. The Balaban J connectivity index is 0.000000176. The Kier molecular flexibility index (Phi) is 14.5. The molecule has 0 N–H and O–H groups in total. The molecule has 2 aliphatic rings. The van der Waals surface area contributed by atoms with Crippen molar-refractivity contribution in [1.82, 2.24) is 39.1 Å². The number of hydrogen-bond donors (Lipinski definition) is 0. The zero-order valence-electron chi connectivity index (χ0n) is 39.2. The first kappa shape index (κ1) is 49.2. The third-order valence-electron chi connectivity index (χ3n) is 12.3. The van der Waals surface area contributed by atoms with Crippen LogP contribution in [0.5, 0.6) is 11.5 Å². The minimum Gasteiger partial charge on any atom is -0.492 e. The Morgan fingerprint density at radius 1 is 0.676 bits per heavy atom. The third-order valence-corrected chi connectivity index (χ3v) is 13.3. The van der Waals surface area contributed by atoms with Gasteiger partial charge in [-0.3, -0.25) is 19.0 Å². The van der Waals surface area contributed by atoms with Crippen LogP contribution in [-0.4, -0.2) is 77.5 Å². The van der Waals surface area contributed by atoms with Crippen LogP contribution < -0.4 is 20.6 Å². The minimum absolute atomic E-state index is 0.193. The number of rotatable bonds is 16. The summed E-state index contributed by atoms with van der Waals surface area (Å²) in [7, 11) is 0. The number of ether oxygens (including phenoxy) is 4. The molecule has 8 aromatic rings. The lowest BCUT2D eigenvalue weighted by molar-refractivity contribution is -0.147. The maximum Gasteiger partial charge on any atom is 0.330 e. The van der Waals surface area contributed by atoms with Crippen molar-refractivity contribution in [1.29, 1.82) is 5.26 Å². The van der Waals surface area contributed by atoms with Gasteiger partial charge in [-0.2, -0.15) is 25.7 Å². The smallest absolute Gasteiger partial charge is 0.330 e. The highest BCUT2D eigenvalue weighted by Crippen LogP contribution is 2.36. The molecule has 0 saturated heterocycles. The van der Waals surface area contributed by atoms with Gasteiger partial charge in [-0.05, 0) is 126 Å². The van der Waals surface area contributed by atoms with Gasteiger partial charge in [0.1, 0.15) is 11.5 Å². The molecule has 20 heteroatoms. The van der Waals surface area contributed by atoms with Crippen LogP contribution in [0.3, 0.4) is 0 Å². The van der Waals surface area contributed by atoms with Crippen molar-refractivity contribution in [3.05, 3.63) is 125 Å². The van der Waals surface area contributed by atoms with E-state index in [0.29, 0.717) is 90.6 Å². The molecule has 4 aromatic carbocycles. The second-order valence-electron chi connectivity index (χ2n) is 17.7. The number of carbonyl (C=O) groups excluding carboxylic acids is 2. The maximum atomic E-state index is 13.2. The van der Waals surface area contributed by atoms with Gasteiger partial charge in [0.2, 0.25) is 0 Å². The first-order valence-electron chi connectivity index (χ1n) is 23.3. The number of nitrogens with zero attached hydrogens (tertiary/aromatic N) is 9. The molecule has 0 spiro atoms. The molecular formula is C51H48BrCl2N9O8. The van der Waals surface area contributed by atoms with Crippen LogP contribution in [0.15, 0.2) is 87.1 Å². The fourth-order valence-corrected chi connectivity index (χ4v) is 8.78. The van der Waals surface area contributed by atoms with Gasteiger partial charge in [0.05, 0.1) is 94.4 Å². The van der Waals surface area contributed by atoms with Crippen LogP contribution >= 0.6 is 39.1 Å². The molecule has 2 fully saturated rings. The summed E-state index contributed by atoms with van der Waals surface area (Å²) < 4.78 is 28.6. The lowest BCUT2D eigenvalue weighted by Crippen LogP contribution is -2.32. The maximum absolute atomic E-state index is 13.2. The number of fused-ring (bicyclic) bond motifs is 4. The van der Waals surface area contributed by atoms with E-state index >= 15 is 0 Å². The van der Waals surface area contributed by atoms with Gasteiger partial charge in [-0.15, -0.1) is 0 Å². The summed E-state index contributed by atoms with van der Waals surface area (Å²) in [6, 6.07) is 17.8. The van der Waals surface area contributed by atoms with E-state index in [4.69, 9.17) is 42.1 Å². The number of carbonyl (C=O) groups is 2. The van der Waals surface area contributed by atoms with Crippen molar-refractivity contribution < 1.29 is 28.5 Å². The van der Waals surface area contributed by atoms with Crippen LogP contribution in [0.25, 0.3) is 43.4 Å². The van der Waals surface area contributed by atoms with E-state index in [0.717, 1.165) is 25.4 Å². The number of esters is 2. The van der Waals surface area contributed by atoms with Crippen molar-refractivity contribution in [3.8, 4) is 17.6 Å². The number of nitriles is 1. The highest BCUT2D eigenvalue weighted by molar-refractivity contribution is 9.10. The lowest BCUT2D eigenvalue weighted by Gasteiger charge is -2.16. The molecule has 71 heavy (non-hydrogen) atoms. The minimum atomic E-state index is -0.919. The molecule has 4 aromatic heterocycles. The summed E-state index contributed by atoms with van der Waals surface area (Å²) in [6.07, 6.45) is 8.51. The molecule has 10 rings (SSSR count). The zero-order valence-corrected chi connectivity index (χ0v) is 42.3. The van der Waals surface area contributed by atoms with E-state index in [1.165, 1.54) is 30.4 Å². The van der Waals surface area contributed by atoms with Crippen molar-refractivity contribution >= 4 is 94.4 Å². The molecule has 2 atom stereocenters. The van der Waals surface area contributed by atoms with Crippen LogP contribution in [0.4, 0.5) is 0 Å². The van der Waals surface area contributed by atoms with Crippen molar-refractivity contribution in [2.75, 3.05) is 26.4 Å². The number of halogens is 3. The molecule has 0 radical (unpaired) electrons. The van der Waals surface area contributed by atoms with E-state index in [1.54, 1.807) is 79.5 Å². The van der Waals surface area contributed by atoms with Gasteiger partial charge in [0.15, 0.2) is 12.1 Å². The molecular weight excluding hydrogens is 1020 g/mol. The van der Waals surface area contributed by atoms with Crippen molar-refractivity contribution in [2.24, 2.45) is 11.8 Å². The molecule has 2 unspecified atom stereocenters. The van der Waals surface area contributed by atoms with Crippen LogP contribution in [0, 0.1) is 23.2 Å². The number of hydrogen-bond acceptors (Lipinski definition) is 13. The summed E-state index contributed by atoms with van der Waals surface area (Å²) in [5, 5.41) is 32.5. The number of aromatic nitrogens is 8. The highest BCUT2D eigenvalue weighted by Gasteiger charge is 2.26. The van der Waals surface area contributed by atoms with E-state index in [-0.39, 0.29) is 31.9 Å². The molecule has 0 bridgehead atoms. The van der Waals surface area contributed by atoms with Gasteiger partial charge in [-0.25, -0.2) is 19.0 Å². The predicted octanol–water partition coefficient (Wildman–Crippen LogP) is 9.36. The van der Waals surface area contributed by atoms with Gasteiger partial charge in [0.25, 0.3) is 11.1 Å². The fraction of sp³-hybridized carbons (Fsp3) is 0.353. The standard InChI is InChI=1S/C26H24ClN5O4.C25H24BrClN4O4/c1-3-35-26(34)15(2)32-25(33)19-7-6-17(11-28)8-20(19)23(30-32)13-31-12-18-9-24(36-14-16-4-5-16)21(27)10-22(18)29-31;1-3-34-25(33)14(2)31-24(32)18-7-6-17(26)9-19(18)22(29-31)12-30-11-16-8-23(35-13-15-4-5-15)20(27)10-21(16)28-30/h6-10,12,15-16H,3-5,13-14H2,1-2H3;6-11,14-15H,3-5,12-13H2,1-2H3. The fourth-order valence-electron chi connectivity index (χ4n) is 8.00. The van der Waals surface area contributed by atoms with E-state index in [2.05, 4.69) is 42.4 Å². The Bertz CT molecular complexity index is 3540. The molecule has 4 heterocycles. The summed E-state index contributed by atoms with van der Waals surface area (Å²) in [6.45, 7) is 8.82. The average Bonchev–Trinajstić information content (AvgIpc) is 4.29. The van der Waals surface area contributed by atoms with E-state index in [1.807, 2.05) is 30.6 Å². The lowest BCUT2D eigenvalue weighted by atomic mass is 10.1. The quantitative estimate of drug-likeness (QED) is 0.0830. The molecule has 366 valence electrons. The van der Waals surface area contributed by atoms with Gasteiger partial charge < -0.3 is 18.9 Å². The summed E-state index contributed by atoms with van der Waals surface area (Å²) in [5.74, 6) is 1.43. The van der Waals surface area contributed by atoms with Crippen molar-refractivity contribution in [3.63, 3.8) is 0 Å². The summed E-state index contributed by atoms with van der Waals surface area (Å²) >= 11 is 16.3. The second-order valence-corrected chi connectivity index (χ2v) is 19.4. The van der Waals surface area contributed by atoms with Crippen molar-refractivity contribution in [2.45, 2.75) is 78.6 Å². The molecule has 0 aliphatic heterocycles. The van der Waals surface area contributed by atoms with E-state index in [9.17, 15) is 24.4 Å². The Morgan fingerprint density at radius 3 is 1.56 bits per heavy atom. The zero-order chi connectivity index (χ0) is 50.1. The predicted molar refractivity (Wildman–Crippen MR) is 271 cm³/mol. The third kappa shape index (κ3) is 10.9. The van der Waals surface area contributed by atoms with Gasteiger partial charge in [-0.1, -0.05) is 39.1 Å². The van der Waals surface area contributed by atoms with Crippen LogP contribution in [0.1, 0.15) is 82.4 Å². The Morgan fingerprint density at radius 2 is 1.13 bits per heavy atom. The molecule has 0 amide bonds. The second kappa shape index (κ2) is 20.9. The van der Waals surface area contributed by atoms with Gasteiger partial charge >= 0.3 is 11.9 Å². The Hall–Kier alpha value is -6.81. The topological polar surface area (TPSA) is 200 Å². The Labute approximate surface area is 424 Å². The highest BCUT2D eigenvalue weighted by atomic mass is 79.9. The number of benzene rings is 4. The normalized spacial score (nSPS) is 14.2. The molecule has 17 nitrogen and oxygen atoms in total. The average molecular weight is 1070 g/mol. The SMILES string of the molecule is CCOC(=O)C(C)n1nc(Cn2cc3cc(OCC4CC4)c(Cl)cc3n2)c2cc(Br)ccc2c1=O.CCOC(=O)C(C)n1nc(Cn2cc3cc(OCC4CC4)c(Cl)cc3n2)c2cc(C#N)ccc2c1=O. The van der Waals surface area contributed by atoms with Crippen LogP contribution in [0.2, 0.25) is 10.0 Å². The first-order chi connectivity index (χ1) is 34.2. The largest absolute Gasteiger partial charge is 0.492 e. The summed E-state index contributed by atoms with van der Waals surface area (Å²) in [5.41, 5.74) is 2.11. The molecule has 2 aliphatic carbocycles. The van der Waals surface area contributed by atoms with Crippen LogP contribution in [-0.2, 0) is 32.2 Å². The first-order valence-corrected chi connectivity index (χ1v) is 24.8. The monoisotopic (exact) mass is 1060 g/mol. The van der Waals surface area contributed by atoms with Gasteiger partial charge in [0, 0.05) is 38.4 Å². The van der Waals surface area contributed by atoms with E-state index < -0.39 is 29.6 Å². The summed E-state index contributed by atoms with van der Waals surface area (Å²) in [4.78, 5) is 51.1.